The summed E-state index contributed by atoms with van der Waals surface area (Å²) in [4.78, 5) is 11.5. The largest absolute Gasteiger partial charge is 0.355 e. The molecule has 3 heteroatoms. The number of amides is 1. The van der Waals surface area contributed by atoms with Crippen molar-refractivity contribution in [3.63, 3.8) is 0 Å². The van der Waals surface area contributed by atoms with Gasteiger partial charge in [-0.1, -0.05) is 27.7 Å². The zero-order chi connectivity index (χ0) is 11.2. The third-order valence-electron chi connectivity index (χ3n) is 2.08. The Morgan fingerprint density at radius 3 is 2.43 bits per heavy atom. The van der Waals surface area contributed by atoms with Gasteiger partial charge >= 0.3 is 0 Å². The summed E-state index contributed by atoms with van der Waals surface area (Å²) in [6, 6.07) is 0. The molecule has 0 rings (SSSR count). The molecular formula is C11H24N2O. The first-order valence-corrected chi connectivity index (χ1v) is 5.34. The maximum absolute atomic E-state index is 11.5. The second-order valence-electron chi connectivity index (χ2n) is 5.11. The molecule has 0 bridgehead atoms. The third-order valence-corrected chi connectivity index (χ3v) is 2.08. The van der Waals surface area contributed by atoms with Crippen LogP contribution < -0.4 is 11.1 Å². The molecule has 1 atom stereocenters. The lowest BCUT2D eigenvalue weighted by Crippen LogP contribution is -2.35. The average Bonchev–Trinajstić information content (AvgIpc) is 2.09. The summed E-state index contributed by atoms with van der Waals surface area (Å²) in [7, 11) is 0. The molecule has 84 valence electrons. The molecule has 3 nitrogen and oxygen atoms in total. The van der Waals surface area contributed by atoms with E-state index in [1.54, 1.807) is 0 Å². The van der Waals surface area contributed by atoms with Gasteiger partial charge in [-0.15, -0.1) is 0 Å². The van der Waals surface area contributed by atoms with Crippen molar-refractivity contribution in [2.45, 2.75) is 40.5 Å². The molecule has 0 saturated carbocycles. The first-order chi connectivity index (χ1) is 6.37. The van der Waals surface area contributed by atoms with Gasteiger partial charge in [0.1, 0.15) is 0 Å². The number of carbonyl (C=O) groups excluding carboxylic acids is 1. The fourth-order valence-electron chi connectivity index (χ4n) is 1.08. The Hall–Kier alpha value is -0.570. The number of nitrogens with two attached hydrogens (primary N) is 1. The molecule has 0 fully saturated rings. The van der Waals surface area contributed by atoms with Crippen molar-refractivity contribution in [3.05, 3.63) is 0 Å². The predicted octanol–water partition coefficient (Wildman–Crippen LogP) is 1.52. The zero-order valence-corrected chi connectivity index (χ0v) is 9.89. The molecule has 14 heavy (non-hydrogen) atoms. The van der Waals surface area contributed by atoms with E-state index in [1.165, 1.54) is 0 Å². The van der Waals surface area contributed by atoms with Crippen LogP contribution in [0.3, 0.4) is 0 Å². The van der Waals surface area contributed by atoms with E-state index < -0.39 is 0 Å². The molecular weight excluding hydrogens is 176 g/mol. The van der Waals surface area contributed by atoms with Gasteiger partial charge in [0.2, 0.25) is 5.91 Å². The highest BCUT2D eigenvalue weighted by molar-refractivity contribution is 5.78. The van der Waals surface area contributed by atoms with E-state index in [0.29, 0.717) is 6.54 Å². The van der Waals surface area contributed by atoms with Crippen LogP contribution in [0.15, 0.2) is 0 Å². The molecule has 0 aromatic carbocycles. The summed E-state index contributed by atoms with van der Waals surface area (Å²) < 4.78 is 0. The van der Waals surface area contributed by atoms with Crippen molar-refractivity contribution < 1.29 is 4.79 Å². The number of hydrogen-bond donors (Lipinski definition) is 2. The van der Waals surface area contributed by atoms with Gasteiger partial charge in [0.25, 0.3) is 0 Å². The molecule has 0 aromatic rings. The van der Waals surface area contributed by atoms with Gasteiger partial charge in [-0.3, -0.25) is 4.79 Å². The molecule has 1 unspecified atom stereocenters. The number of hydrogen-bond acceptors (Lipinski definition) is 2. The Morgan fingerprint density at radius 1 is 1.43 bits per heavy atom. The van der Waals surface area contributed by atoms with Gasteiger partial charge in [0.15, 0.2) is 0 Å². The Balaban J connectivity index is 3.73. The van der Waals surface area contributed by atoms with Crippen LogP contribution in [0.5, 0.6) is 0 Å². The lowest BCUT2D eigenvalue weighted by molar-refractivity contribution is -0.125. The molecule has 3 N–H and O–H groups in total. The second-order valence-corrected chi connectivity index (χ2v) is 5.11. The van der Waals surface area contributed by atoms with Gasteiger partial charge in [-0.05, 0) is 24.8 Å². The van der Waals surface area contributed by atoms with E-state index in [4.69, 9.17) is 5.73 Å². The summed E-state index contributed by atoms with van der Waals surface area (Å²) in [5.74, 6) is 0.231. The number of nitrogens with one attached hydrogen (secondary N) is 1. The summed E-state index contributed by atoms with van der Waals surface area (Å²) in [5.41, 5.74) is 5.54. The van der Waals surface area contributed by atoms with Crippen molar-refractivity contribution in [2.24, 2.45) is 17.1 Å². The van der Waals surface area contributed by atoms with Crippen LogP contribution in [0.2, 0.25) is 0 Å². The lowest BCUT2D eigenvalue weighted by atomic mass is 9.96. The van der Waals surface area contributed by atoms with Crippen LogP contribution in [0, 0.1) is 11.3 Å². The lowest BCUT2D eigenvalue weighted by Gasteiger charge is -2.20. The van der Waals surface area contributed by atoms with Gasteiger partial charge in [-0.2, -0.15) is 0 Å². The van der Waals surface area contributed by atoms with E-state index >= 15 is 0 Å². The Morgan fingerprint density at radius 2 is 2.00 bits per heavy atom. The maximum Gasteiger partial charge on any atom is 0.222 e. The van der Waals surface area contributed by atoms with E-state index in [-0.39, 0.29) is 17.2 Å². The molecule has 0 radical (unpaired) electrons. The molecule has 0 spiro atoms. The fourth-order valence-corrected chi connectivity index (χ4v) is 1.08. The van der Waals surface area contributed by atoms with Crippen molar-refractivity contribution in [1.29, 1.82) is 0 Å². The van der Waals surface area contributed by atoms with Crippen LogP contribution in [0.1, 0.15) is 40.5 Å². The van der Waals surface area contributed by atoms with E-state index in [9.17, 15) is 4.79 Å². The van der Waals surface area contributed by atoms with Crippen molar-refractivity contribution >= 4 is 5.91 Å². The fraction of sp³-hybridized carbons (Fsp3) is 0.909. The topological polar surface area (TPSA) is 55.1 Å². The van der Waals surface area contributed by atoms with Crippen molar-refractivity contribution in [1.82, 2.24) is 5.32 Å². The third kappa shape index (κ3) is 6.89. The summed E-state index contributed by atoms with van der Waals surface area (Å²) in [6.07, 6.45) is 1.80. The van der Waals surface area contributed by atoms with Crippen LogP contribution >= 0.6 is 0 Å². The highest BCUT2D eigenvalue weighted by Gasteiger charge is 2.15. The predicted molar refractivity (Wildman–Crippen MR) is 59.9 cm³/mol. The second kappa shape index (κ2) is 6.02. The average molecular weight is 200 g/mol. The zero-order valence-electron chi connectivity index (χ0n) is 9.89. The Labute approximate surface area is 87.4 Å². The van der Waals surface area contributed by atoms with Crippen molar-refractivity contribution in [2.75, 3.05) is 13.1 Å². The number of carbonyl (C=O) groups is 1. The minimum atomic E-state index is 0.0842. The first kappa shape index (κ1) is 13.4. The SMILES string of the molecule is CC(CCCN)C(=O)NCC(C)(C)C. The van der Waals surface area contributed by atoms with E-state index in [0.717, 1.165) is 19.4 Å². The summed E-state index contributed by atoms with van der Waals surface area (Å²) in [5, 5.41) is 2.95. The summed E-state index contributed by atoms with van der Waals surface area (Å²) in [6.45, 7) is 9.68. The van der Waals surface area contributed by atoms with E-state index in [1.807, 2.05) is 6.92 Å². The smallest absolute Gasteiger partial charge is 0.222 e. The van der Waals surface area contributed by atoms with Crippen LogP contribution in [0.4, 0.5) is 0 Å². The van der Waals surface area contributed by atoms with Gasteiger partial charge in [-0.25, -0.2) is 0 Å². The van der Waals surface area contributed by atoms with E-state index in [2.05, 4.69) is 26.1 Å². The van der Waals surface area contributed by atoms with Crippen LogP contribution in [-0.4, -0.2) is 19.0 Å². The minimum absolute atomic E-state index is 0.0842. The quantitative estimate of drug-likeness (QED) is 0.707. The highest BCUT2D eigenvalue weighted by Crippen LogP contribution is 2.11. The normalized spacial score (nSPS) is 13.8. The van der Waals surface area contributed by atoms with Gasteiger partial charge in [0, 0.05) is 12.5 Å². The standard InChI is InChI=1S/C11H24N2O/c1-9(6-5-7-12)10(14)13-8-11(2,3)4/h9H,5-8,12H2,1-4H3,(H,13,14). The first-order valence-electron chi connectivity index (χ1n) is 5.34. The molecule has 0 aromatic heterocycles. The Bertz CT molecular complexity index is 173. The molecule has 0 heterocycles. The molecule has 1 amide bonds. The molecule has 0 aliphatic rings. The molecule has 0 aliphatic carbocycles. The van der Waals surface area contributed by atoms with Crippen LogP contribution in [-0.2, 0) is 4.79 Å². The Kier molecular flexibility index (Phi) is 5.77. The maximum atomic E-state index is 11.5. The minimum Gasteiger partial charge on any atom is -0.355 e. The van der Waals surface area contributed by atoms with Gasteiger partial charge in [0.05, 0.1) is 0 Å². The number of rotatable bonds is 5. The van der Waals surface area contributed by atoms with Gasteiger partial charge < -0.3 is 11.1 Å². The molecule has 0 aliphatic heterocycles. The summed E-state index contributed by atoms with van der Waals surface area (Å²) >= 11 is 0. The molecule has 0 saturated heterocycles. The monoisotopic (exact) mass is 200 g/mol. The van der Waals surface area contributed by atoms with Crippen LogP contribution in [0.25, 0.3) is 0 Å². The van der Waals surface area contributed by atoms with Crippen molar-refractivity contribution in [3.8, 4) is 0 Å². The highest BCUT2D eigenvalue weighted by atomic mass is 16.1.